The zero-order valence-electron chi connectivity index (χ0n) is 7.05. The monoisotopic (exact) mass is 157 g/mol. The Bertz CT molecular complexity index is 154. The molecule has 0 rings (SSSR count). The smallest absolute Gasteiger partial charge is 0.330 e. The van der Waals surface area contributed by atoms with E-state index < -0.39 is 5.97 Å². The van der Waals surface area contributed by atoms with Gasteiger partial charge < -0.3 is 10.4 Å². The van der Waals surface area contributed by atoms with E-state index in [0.717, 1.165) is 6.42 Å². The summed E-state index contributed by atoms with van der Waals surface area (Å²) in [4.78, 5) is 10.3. The van der Waals surface area contributed by atoms with Gasteiger partial charge in [0.1, 0.15) is 0 Å². The lowest BCUT2D eigenvalue weighted by molar-refractivity contribution is -0.132. The van der Waals surface area contributed by atoms with Crippen LogP contribution in [-0.2, 0) is 4.79 Å². The molecule has 3 heteroatoms. The molecule has 0 amide bonds. The van der Waals surface area contributed by atoms with Crippen LogP contribution in [0.1, 0.15) is 19.8 Å². The molecule has 0 spiro atoms. The summed E-state index contributed by atoms with van der Waals surface area (Å²) in [7, 11) is 1.86. The standard InChI is InChI=1S/C8H15NO2/c1-6(8(10)11)4-5-7(2)9-3/h7,9H,1,4-5H2,2-3H3,(H,10,11). The summed E-state index contributed by atoms with van der Waals surface area (Å²) >= 11 is 0. The average molecular weight is 157 g/mol. The zero-order valence-corrected chi connectivity index (χ0v) is 7.05. The molecule has 0 bridgehead atoms. The van der Waals surface area contributed by atoms with Crippen LogP contribution in [0.2, 0.25) is 0 Å². The fourth-order valence-corrected chi connectivity index (χ4v) is 0.642. The molecule has 0 aromatic carbocycles. The van der Waals surface area contributed by atoms with E-state index in [1.54, 1.807) is 0 Å². The molecule has 0 aliphatic carbocycles. The first-order chi connectivity index (χ1) is 5.07. The topological polar surface area (TPSA) is 49.3 Å². The maximum Gasteiger partial charge on any atom is 0.330 e. The van der Waals surface area contributed by atoms with Gasteiger partial charge in [-0.3, -0.25) is 0 Å². The summed E-state index contributed by atoms with van der Waals surface area (Å²) in [5, 5.41) is 11.5. The maximum absolute atomic E-state index is 10.3. The van der Waals surface area contributed by atoms with Crippen molar-refractivity contribution in [2.75, 3.05) is 7.05 Å². The van der Waals surface area contributed by atoms with Gasteiger partial charge >= 0.3 is 5.97 Å². The molecular weight excluding hydrogens is 142 g/mol. The minimum Gasteiger partial charge on any atom is -0.478 e. The van der Waals surface area contributed by atoms with Crippen LogP contribution in [0.25, 0.3) is 0 Å². The third kappa shape index (κ3) is 4.56. The Hall–Kier alpha value is -0.830. The minimum atomic E-state index is -0.895. The number of aliphatic carboxylic acids is 1. The van der Waals surface area contributed by atoms with Gasteiger partial charge in [0, 0.05) is 11.6 Å². The molecule has 0 aliphatic rings. The van der Waals surface area contributed by atoms with Crippen molar-refractivity contribution in [1.82, 2.24) is 5.32 Å². The van der Waals surface area contributed by atoms with Crippen molar-refractivity contribution in [3.05, 3.63) is 12.2 Å². The highest BCUT2D eigenvalue weighted by molar-refractivity contribution is 5.85. The molecule has 0 aromatic heterocycles. The van der Waals surface area contributed by atoms with Gasteiger partial charge in [-0.1, -0.05) is 6.58 Å². The summed E-state index contributed by atoms with van der Waals surface area (Å²) < 4.78 is 0. The molecular formula is C8H15NO2. The SMILES string of the molecule is C=C(CCC(C)NC)C(=O)O. The van der Waals surface area contributed by atoms with Crippen molar-refractivity contribution in [3.63, 3.8) is 0 Å². The third-order valence-electron chi connectivity index (χ3n) is 1.67. The first-order valence-corrected chi connectivity index (χ1v) is 3.66. The summed E-state index contributed by atoms with van der Waals surface area (Å²) in [5.41, 5.74) is 0.284. The number of nitrogens with one attached hydrogen (secondary N) is 1. The molecule has 0 saturated carbocycles. The predicted molar refractivity (Wildman–Crippen MR) is 44.5 cm³/mol. The molecule has 0 fully saturated rings. The van der Waals surface area contributed by atoms with Gasteiger partial charge in [-0.05, 0) is 26.8 Å². The van der Waals surface area contributed by atoms with Gasteiger partial charge in [-0.2, -0.15) is 0 Å². The van der Waals surface area contributed by atoms with Crippen molar-refractivity contribution < 1.29 is 9.90 Å². The number of carboxylic acids is 1. The molecule has 11 heavy (non-hydrogen) atoms. The molecule has 0 aromatic rings. The minimum absolute atomic E-state index is 0.284. The van der Waals surface area contributed by atoms with Gasteiger partial charge in [0.25, 0.3) is 0 Å². The van der Waals surface area contributed by atoms with Crippen LogP contribution in [0, 0.1) is 0 Å². The predicted octanol–water partition coefficient (Wildman–Crippen LogP) is 1.02. The van der Waals surface area contributed by atoms with Gasteiger partial charge in [0.05, 0.1) is 0 Å². The number of rotatable bonds is 5. The Morgan fingerprint density at radius 2 is 2.27 bits per heavy atom. The van der Waals surface area contributed by atoms with E-state index >= 15 is 0 Å². The van der Waals surface area contributed by atoms with E-state index in [1.165, 1.54) is 0 Å². The van der Waals surface area contributed by atoms with E-state index in [1.807, 2.05) is 14.0 Å². The van der Waals surface area contributed by atoms with Crippen LogP contribution < -0.4 is 5.32 Å². The summed E-state index contributed by atoms with van der Waals surface area (Å²) in [6, 6.07) is 0.353. The zero-order chi connectivity index (χ0) is 8.85. The molecule has 0 aliphatic heterocycles. The normalized spacial score (nSPS) is 12.5. The van der Waals surface area contributed by atoms with E-state index in [4.69, 9.17) is 5.11 Å². The van der Waals surface area contributed by atoms with Crippen molar-refractivity contribution in [3.8, 4) is 0 Å². The number of hydrogen-bond acceptors (Lipinski definition) is 2. The molecule has 1 unspecified atom stereocenters. The Kier molecular flexibility index (Phi) is 4.54. The number of hydrogen-bond donors (Lipinski definition) is 2. The highest BCUT2D eigenvalue weighted by atomic mass is 16.4. The van der Waals surface area contributed by atoms with Crippen molar-refractivity contribution in [2.45, 2.75) is 25.8 Å². The molecule has 1 atom stereocenters. The second-order valence-corrected chi connectivity index (χ2v) is 2.64. The van der Waals surface area contributed by atoms with Gasteiger partial charge in [0.15, 0.2) is 0 Å². The lowest BCUT2D eigenvalue weighted by Crippen LogP contribution is -2.21. The van der Waals surface area contributed by atoms with Crippen LogP contribution in [0.3, 0.4) is 0 Å². The molecule has 0 heterocycles. The summed E-state index contributed by atoms with van der Waals surface area (Å²) in [6.45, 7) is 5.44. The number of carbonyl (C=O) groups is 1. The van der Waals surface area contributed by atoms with Crippen molar-refractivity contribution in [1.29, 1.82) is 0 Å². The Morgan fingerprint density at radius 3 is 2.64 bits per heavy atom. The highest BCUT2D eigenvalue weighted by Crippen LogP contribution is 2.04. The Balaban J connectivity index is 3.54. The largest absolute Gasteiger partial charge is 0.478 e. The van der Waals surface area contributed by atoms with Crippen LogP contribution in [0.4, 0.5) is 0 Å². The quantitative estimate of drug-likeness (QED) is 0.586. The summed E-state index contributed by atoms with van der Waals surface area (Å²) in [5.74, 6) is -0.895. The first-order valence-electron chi connectivity index (χ1n) is 3.66. The third-order valence-corrected chi connectivity index (χ3v) is 1.67. The van der Waals surface area contributed by atoms with E-state index in [0.29, 0.717) is 12.5 Å². The van der Waals surface area contributed by atoms with Crippen LogP contribution in [0.5, 0.6) is 0 Å². The maximum atomic E-state index is 10.3. The van der Waals surface area contributed by atoms with E-state index in [-0.39, 0.29) is 5.57 Å². The molecule has 0 saturated heterocycles. The lowest BCUT2D eigenvalue weighted by atomic mass is 10.1. The van der Waals surface area contributed by atoms with Gasteiger partial charge in [-0.15, -0.1) is 0 Å². The first kappa shape index (κ1) is 10.2. The lowest BCUT2D eigenvalue weighted by Gasteiger charge is -2.08. The van der Waals surface area contributed by atoms with Crippen molar-refractivity contribution in [2.24, 2.45) is 0 Å². The average Bonchev–Trinajstić information content (AvgIpc) is 1.99. The van der Waals surface area contributed by atoms with Crippen LogP contribution in [-0.4, -0.2) is 24.2 Å². The Morgan fingerprint density at radius 1 is 1.73 bits per heavy atom. The van der Waals surface area contributed by atoms with Crippen LogP contribution >= 0.6 is 0 Å². The van der Waals surface area contributed by atoms with Crippen LogP contribution in [0.15, 0.2) is 12.2 Å². The second kappa shape index (κ2) is 4.91. The van der Waals surface area contributed by atoms with Crippen molar-refractivity contribution >= 4 is 5.97 Å². The van der Waals surface area contributed by atoms with E-state index in [2.05, 4.69) is 11.9 Å². The van der Waals surface area contributed by atoms with Gasteiger partial charge in [-0.25, -0.2) is 4.79 Å². The highest BCUT2D eigenvalue weighted by Gasteiger charge is 2.05. The fourth-order valence-electron chi connectivity index (χ4n) is 0.642. The second-order valence-electron chi connectivity index (χ2n) is 2.64. The van der Waals surface area contributed by atoms with Gasteiger partial charge in [0.2, 0.25) is 0 Å². The molecule has 0 radical (unpaired) electrons. The summed E-state index contributed by atoms with van der Waals surface area (Å²) in [6.07, 6.45) is 1.37. The Labute approximate surface area is 67.1 Å². The molecule has 2 N–H and O–H groups in total. The fraction of sp³-hybridized carbons (Fsp3) is 0.625. The molecule has 64 valence electrons. The van der Waals surface area contributed by atoms with E-state index in [9.17, 15) is 4.79 Å². The number of carboxylic acid groups (broad SMARTS) is 1. The molecule has 3 nitrogen and oxygen atoms in total.